The van der Waals surface area contributed by atoms with Gasteiger partial charge in [0, 0.05) is 49.8 Å². The highest BCUT2D eigenvalue weighted by Gasteiger charge is 2.23. The standard InChI is InChI=1S/C44H27N5/c45-26-28-25-42(29(27-46)24-41(28)48-35-18-8-4-14-31(35)32-15-5-9-19-36(32)48)49-38-21-11-7-17-34(38)44-40(49)23-22-39-43(44)33-16-6-10-20-37(33)47(39)30-12-2-1-3-13-30/h1-26,45H. The quantitative estimate of drug-likeness (QED) is 0.194. The predicted molar refractivity (Wildman–Crippen MR) is 202 cm³/mol. The molecule has 3 heterocycles. The Kier molecular flexibility index (Phi) is 5.73. The number of nitriles is 1. The summed E-state index contributed by atoms with van der Waals surface area (Å²) < 4.78 is 6.73. The molecule has 0 aliphatic carbocycles. The maximum absolute atomic E-state index is 10.8. The van der Waals surface area contributed by atoms with Gasteiger partial charge < -0.3 is 19.1 Å². The van der Waals surface area contributed by atoms with Crippen molar-refractivity contribution in [3.8, 4) is 23.1 Å². The molecule has 10 aromatic rings. The molecule has 49 heavy (non-hydrogen) atoms. The Morgan fingerprint density at radius 1 is 0.449 bits per heavy atom. The fraction of sp³-hybridized carbons (Fsp3) is 0. The Balaban J connectivity index is 1.31. The van der Waals surface area contributed by atoms with Gasteiger partial charge in [-0.15, -0.1) is 0 Å². The highest BCUT2D eigenvalue weighted by molar-refractivity contribution is 6.29. The number of fused-ring (bicyclic) bond motifs is 10. The molecular formula is C44H27N5. The van der Waals surface area contributed by atoms with Crippen LogP contribution < -0.4 is 0 Å². The van der Waals surface area contributed by atoms with Crippen LogP contribution in [-0.4, -0.2) is 19.9 Å². The molecule has 0 spiro atoms. The molecule has 0 aliphatic rings. The number of hydrogen-bond donors (Lipinski definition) is 1. The van der Waals surface area contributed by atoms with Crippen molar-refractivity contribution >= 4 is 71.6 Å². The molecule has 0 atom stereocenters. The topological polar surface area (TPSA) is 62.4 Å². The smallest absolute Gasteiger partial charge is 0.101 e. The van der Waals surface area contributed by atoms with Crippen molar-refractivity contribution in [1.29, 1.82) is 10.7 Å². The van der Waals surface area contributed by atoms with Gasteiger partial charge in [-0.3, -0.25) is 0 Å². The average molecular weight is 626 g/mol. The molecule has 10 rings (SSSR count). The summed E-state index contributed by atoms with van der Waals surface area (Å²) in [5.74, 6) is 0. The number of nitrogens with one attached hydrogen (secondary N) is 1. The lowest BCUT2D eigenvalue weighted by atomic mass is 10.1. The van der Waals surface area contributed by atoms with Crippen LogP contribution in [0.15, 0.2) is 152 Å². The van der Waals surface area contributed by atoms with Crippen molar-refractivity contribution < 1.29 is 0 Å². The summed E-state index contributed by atoms with van der Waals surface area (Å²) in [6.07, 6.45) is 1.41. The third-order valence-electron chi connectivity index (χ3n) is 9.97. The van der Waals surface area contributed by atoms with Gasteiger partial charge in [-0.1, -0.05) is 91.0 Å². The van der Waals surface area contributed by atoms with Crippen LogP contribution in [0.3, 0.4) is 0 Å². The van der Waals surface area contributed by atoms with Gasteiger partial charge in [0.05, 0.1) is 50.0 Å². The lowest BCUT2D eigenvalue weighted by Gasteiger charge is -2.16. The molecule has 0 saturated carbocycles. The van der Waals surface area contributed by atoms with Crippen LogP contribution in [-0.2, 0) is 0 Å². The number of para-hydroxylation sites is 5. The number of aromatic nitrogens is 3. The Morgan fingerprint density at radius 2 is 0.898 bits per heavy atom. The van der Waals surface area contributed by atoms with Crippen LogP contribution in [0.5, 0.6) is 0 Å². The number of benzene rings is 7. The first-order valence-corrected chi connectivity index (χ1v) is 16.3. The third kappa shape index (κ3) is 3.71. The lowest BCUT2D eigenvalue weighted by molar-refractivity contribution is 1.13. The molecule has 0 fully saturated rings. The van der Waals surface area contributed by atoms with Crippen LogP contribution in [0.4, 0.5) is 0 Å². The molecule has 0 saturated heterocycles. The summed E-state index contributed by atoms with van der Waals surface area (Å²) >= 11 is 0. The Hall–Kier alpha value is -6.90. The second kappa shape index (κ2) is 10.3. The van der Waals surface area contributed by atoms with Crippen molar-refractivity contribution in [2.24, 2.45) is 0 Å². The first-order valence-electron chi connectivity index (χ1n) is 16.3. The fourth-order valence-corrected chi connectivity index (χ4v) is 7.99. The molecule has 0 amide bonds. The third-order valence-corrected chi connectivity index (χ3v) is 9.97. The van der Waals surface area contributed by atoms with Crippen LogP contribution in [0.1, 0.15) is 11.1 Å². The molecule has 0 aliphatic heterocycles. The van der Waals surface area contributed by atoms with E-state index in [-0.39, 0.29) is 0 Å². The van der Waals surface area contributed by atoms with Crippen LogP contribution in [0.25, 0.3) is 82.5 Å². The minimum atomic E-state index is 0.539. The van der Waals surface area contributed by atoms with Crippen LogP contribution >= 0.6 is 0 Å². The van der Waals surface area contributed by atoms with Crippen molar-refractivity contribution in [2.45, 2.75) is 0 Å². The van der Waals surface area contributed by atoms with Gasteiger partial charge in [0.15, 0.2) is 0 Å². The van der Waals surface area contributed by atoms with Gasteiger partial charge in [-0.2, -0.15) is 5.26 Å². The monoisotopic (exact) mass is 625 g/mol. The zero-order valence-corrected chi connectivity index (χ0v) is 26.3. The SMILES string of the molecule is N#Cc1cc(-n2c3ccccc3c3ccccc32)c(C=N)cc1-n1c2ccccc2c2c3c4ccccc4n(-c4ccccc4)c3ccc21. The largest absolute Gasteiger partial charge is 0.309 e. The Bertz CT molecular complexity index is 2970. The molecule has 3 aromatic heterocycles. The molecule has 5 heteroatoms. The fourth-order valence-electron chi connectivity index (χ4n) is 7.99. The maximum atomic E-state index is 10.8. The van der Waals surface area contributed by atoms with Gasteiger partial charge in [-0.05, 0) is 60.7 Å². The zero-order valence-electron chi connectivity index (χ0n) is 26.3. The highest BCUT2D eigenvalue weighted by atomic mass is 15.0. The van der Waals surface area contributed by atoms with Gasteiger partial charge >= 0.3 is 0 Å². The minimum Gasteiger partial charge on any atom is -0.309 e. The highest BCUT2D eigenvalue weighted by Crippen LogP contribution is 2.43. The van der Waals surface area contributed by atoms with E-state index in [9.17, 15) is 5.26 Å². The normalized spacial score (nSPS) is 11.7. The molecule has 5 nitrogen and oxygen atoms in total. The molecule has 228 valence electrons. The first-order chi connectivity index (χ1) is 24.3. The van der Waals surface area contributed by atoms with E-state index in [4.69, 9.17) is 5.41 Å². The van der Waals surface area contributed by atoms with E-state index in [2.05, 4.69) is 141 Å². The Labute approximate surface area is 281 Å². The zero-order chi connectivity index (χ0) is 32.6. The van der Waals surface area contributed by atoms with Crippen molar-refractivity contribution in [3.05, 3.63) is 163 Å². The van der Waals surface area contributed by atoms with Gasteiger partial charge in [0.1, 0.15) is 6.07 Å². The number of hydrogen-bond acceptors (Lipinski definition) is 2. The molecule has 0 radical (unpaired) electrons. The molecule has 0 unspecified atom stereocenters. The summed E-state index contributed by atoms with van der Waals surface area (Å²) in [6, 6.07) is 55.1. The van der Waals surface area contributed by atoms with E-state index in [0.29, 0.717) is 5.56 Å². The van der Waals surface area contributed by atoms with E-state index in [1.807, 2.05) is 30.3 Å². The lowest BCUT2D eigenvalue weighted by Crippen LogP contribution is -2.05. The molecule has 0 bridgehead atoms. The summed E-state index contributed by atoms with van der Waals surface area (Å²) in [7, 11) is 0. The van der Waals surface area contributed by atoms with E-state index >= 15 is 0 Å². The van der Waals surface area contributed by atoms with E-state index in [1.54, 1.807) is 0 Å². The van der Waals surface area contributed by atoms with Crippen molar-refractivity contribution in [3.63, 3.8) is 0 Å². The van der Waals surface area contributed by atoms with Gasteiger partial charge in [0.2, 0.25) is 0 Å². The molecule has 7 aromatic carbocycles. The second-order valence-corrected chi connectivity index (χ2v) is 12.4. The predicted octanol–water partition coefficient (Wildman–Crippen LogP) is 10.8. The maximum Gasteiger partial charge on any atom is 0.101 e. The second-order valence-electron chi connectivity index (χ2n) is 12.4. The van der Waals surface area contributed by atoms with E-state index in [0.717, 1.165) is 77.3 Å². The summed E-state index contributed by atoms with van der Waals surface area (Å²) in [5, 5.41) is 26.3. The first kappa shape index (κ1) is 27.2. The summed E-state index contributed by atoms with van der Waals surface area (Å²) in [4.78, 5) is 0. The van der Waals surface area contributed by atoms with Crippen molar-refractivity contribution in [2.75, 3.05) is 0 Å². The summed E-state index contributed by atoms with van der Waals surface area (Å²) in [6.45, 7) is 0. The van der Waals surface area contributed by atoms with E-state index in [1.165, 1.54) is 17.0 Å². The van der Waals surface area contributed by atoms with Gasteiger partial charge in [0.25, 0.3) is 0 Å². The minimum absolute atomic E-state index is 0.539. The number of nitrogens with zero attached hydrogens (tertiary/aromatic N) is 4. The molecular weight excluding hydrogens is 599 g/mol. The van der Waals surface area contributed by atoms with Gasteiger partial charge in [-0.25, -0.2) is 0 Å². The summed E-state index contributed by atoms with van der Waals surface area (Å²) in [5.41, 5.74) is 10.3. The molecule has 1 N–H and O–H groups in total. The van der Waals surface area contributed by atoms with E-state index < -0.39 is 0 Å². The Morgan fingerprint density at radius 3 is 1.45 bits per heavy atom. The van der Waals surface area contributed by atoms with Crippen LogP contribution in [0, 0.1) is 16.7 Å². The van der Waals surface area contributed by atoms with Crippen molar-refractivity contribution in [1.82, 2.24) is 13.7 Å². The number of rotatable bonds is 4. The average Bonchev–Trinajstić information content (AvgIpc) is 3.80. The van der Waals surface area contributed by atoms with Crippen LogP contribution in [0.2, 0.25) is 0 Å².